The molecule has 0 aromatic heterocycles. The fraction of sp³-hybridized carbons (Fsp3) is 0.938. The lowest BCUT2D eigenvalue weighted by Gasteiger charge is -2.39. The van der Waals surface area contributed by atoms with Crippen molar-refractivity contribution in [3.8, 4) is 0 Å². The molecule has 1 atom stereocenters. The van der Waals surface area contributed by atoms with Crippen molar-refractivity contribution in [1.82, 2.24) is 10.6 Å². The van der Waals surface area contributed by atoms with Crippen LogP contribution >= 0.6 is 0 Å². The monoisotopic (exact) mass is 300 g/mol. The molecule has 5 heteroatoms. The van der Waals surface area contributed by atoms with Crippen molar-refractivity contribution in [2.45, 2.75) is 59.6 Å². The SMILES string of the molecule is CC(C)CC(CNC(=O)OC(C)(C)C)NCC1(C)COC1. The molecule has 2 N–H and O–H groups in total. The van der Waals surface area contributed by atoms with Crippen LogP contribution in [-0.2, 0) is 9.47 Å². The predicted molar refractivity (Wildman–Crippen MR) is 84.4 cm³/mol. The first kappa shape index (κ1) is 18.2. The van der Waals surface area contributed by atoms with Gasteiger partial charge in [0.15, 0.2) is 0 Å². The first-order valence-electron chi connectivity index (χ1n) is 7.88. The van der Waals surface area contributed by atoms with Crippen molar-refractivity contribution in [3.05, 3.63) is 0 Å². The summed E-state index contributed by atoms with van der Waals surface area (Å²) in [5, 5.41) is 6.42. The van der Waals surface area contributed by atoms with Crippen molar-refractivity contribution in [3.63, 3.8) is 0 Å². The highest BCUT2D eigenvalue weighted by Crippen LogP contribution is 2.25. The van der Waals surface area contributed by atoms with Gasteiger partial charge in [-0.15, -0.1) is 0 Å². The largest absolute Gasteiger partial charge is 0.444 e. The highest BCUT2D eigenvalue weighted by atomic mass is 16.6. The average molecular weight is 300 g/mol. The summed E-state index contributed by atoms with van der Waals surface area (Å²) in [6.45, 7) is 15.3. The Morgan fingerprint density at radius 2 is 1.95 bits per heavy atom. The van der Waals surface area contributed by atoms with E-state index in [0.717, 1.165) is 26.2 Å². The van der Waals surface area contributed by atoms with E-state index < -0.39 is 5.60 Å². The van der Waals surface area contributed by atoms with E-state index in [1.165, 1.54) is 0 Å². The first-order chi connectivity index (χ1) is 9.60. The fourth-order valence-corrected chi connectivity index (χ4v) is 2.27. The van der Waals surface area contributed by atoms with Gasteiger partial charge in [0.1, 0.15) is 5.60 Å². The van der Waals surface area contributed by atoms with Crippen LogP contribution in [0.2, 0.25) is 0 Å². The number of hydrogen-bond donors (Lipinski definition) is 2. The normalized spacial score (nSPS) is 19.0. The highest BCUT2D eigenvalue weighted by Gasteiger charge is 2.33. The summed E-state index contributed by atoms with van der Waals surface area (Å²) in [4.78, 5) is 11.7. The van der Waals surface area contributed by atoms with Gasteiger partial charge in [0.2, 0.25) is 0 Å². The Labute approximate surface area is 129 Å². The van der Waals surface area contributed by atoms with Gasteiger partial charge in [-0.1, -0.05) is 20.8 Å². The third-order valence-corrected chi connectivity index (χ3v) is 3.37. The second kappa shape index (κ2) is 7.45. The maximum atomic E-state index is 11.7. The predicted octanol–water partition coefficient (Wildman–Crippen LogP) is 2.55. The lowest BCUT2D eigenvalue weighted by Crippen LogP contribution is -2.52. The first-order valence-corrected chi connectivity index (χ1v) is 7.88. The maximum Gasteiger partial charge on any atom is 0.407 e. The number of rotatable bonds is 7. The minimum Gasteiger partial charge on any atom is -0.444 e. The van der Waals surface area contributed by atoms with E-state index >= 15 is 0 Å². The minimum absolute atomic E-state index is 0.237. The van der Waals surface area contributed by atoms with Crippen LogP contribution in [0.25, 0.3) is 0 Å². The Morgan fingerprint density at radius 3 is 2.38 bits per heavy atom. The molecule has 0 radical (unpaired) electrons. The summed E-state index contributed by atoms with van der Waals surface area (Å²) >= 11 is 0. The van der Waals surface area contributed by atoms with Crippen LogP contribution in [0.15, 0.2) is 0 Å². The molecule has 0 bridgehead atoms. The van der Waals surface area contributed by atoms with E-state index in [9.17, 15) is 4.79 Å². The summed E-state index contributed by atoms with van der Waals surface area (Å²) in [6, 6.07) is 0.259. The maximum absolute atomic E-state index is 11.7. The topological polar surface area (TPSA) is 59.6 Å². The Kier molecular flexibility index (Phi) is 6.47. The summed E-state index contributed by atoms with van der Waals surface area (Å²) in [5.41, 5.74) is -0.219. The van der Waals surface area contributed by atoms with Crippen LogP contribution < -0.4 is 10.6 Å². The molecular weight excluding hydrogens is 268 g/mol. The lowest BCUT2D eigenvalue weighted by atomic mass is 9.88. The molecule has 0 saturated carbocycles. The molecule has 124 valence electrons. The van der Waals surface area contributed by atoms with E-state index in [1.807, 2.05) is 20.8 Å². The summed E-state index contributed by atoms with van der Waals surface area (Å²) < 4.78 is 10.5. The number of alkyl carbamates (subject to hydrolysis) is 1. The summed E-state index contributed by atoms with van der Waals surface area (Å²) in [7, 11) is 0. The number of carbonyl (C=O) groups is 1. The standard InChI is InChI=1S/C16H32N2O3/c1-12(2)7-13(18-9-16(6)10-20-11-16)8-17-14(19)21-15(3,4)5/h12-13,18H,7-11H2,1-6H3,(H,17,19). The Hall–Kier alpha value is -0.810. The molecule has 1 unspecified atom stereocenters. The zero-order valence-corrected chi connectivity index (χ0v) is 14.4. The van der Waals surface area contributed by atoms with Gasteiger partial charge in [-0.3, -0.25) is 0 Å². The summed E-state index contributed by atoms with van der Waals surface area (Å²) in [6.07, 6.45) is 0.670. The van der Waals surface area contributed by atoms with E-state index in [1.54, 1.807) is 0 Å². The number of carbonyl (C=O) groups excluding carboxylic acids is 1. The van der Waals surface area contributed by atoms with Gasteiger partial charge in [0, 0.05) is 24.5 Å². The average Bonchev–Trinajstić information content (AvgIpc) is 2.27. The molecular formula is C16H32N2O3. The van der Waals surface area contributed by atoms with Crippen LogP contribution in [0.1, 0.15) is 48.0 Å². The molecule has 0 aromatic carbocycles. The molecule has 1 rings (SSSR count). The second-order valence-electron chi connectivity index (χ2n) is 7.89. The highest BCUT2D eigenvalue weighted by molar-refractivity contribution is 5.67. The van der Waals surface area contributed by atoms with E-state index in [0.29, 0.717) is 12.5 Å². The molecule has 1 aliphatic rings. The molecule has 0 aliphatic carbocycles. The van der Waals surface area contributed by atoms with Gasteiger partial charge >= 0.3 is 6.09 Å². The minimum atomic E-state index is -0.457. The smallest absolute Gasteiger partial charge is 0.407 e. The third kappa shape index (κ3) is 7.67. The van der Waals surface area contributed by atoms with Crippen LogP contribution in [0.3, 0.4) is 0 Å². The number of nitrogens with one attached hydrogen (secondary N) is 2. The van der Waals surface area contributed by atoms with Gasteiger partial charge in [-0.25, -0.2) is 4.79 Å². The molecule has 21 heavy (non-hydrogen) atoms. The van der Waals surface area contributed by atoms with Crippen LogP contribution in [-0.4, -0.2) is 44.0 Å². The number of ether oxygens (including phenoxy) is 2. The van der Waals surface area contributed by atoms with Crippen molar-refractivity contribution in [2.75, 3.05) is 26.3 Å². The molecule has 1 heterocycles. The number of amides is 1. The van der Waals surface area contributed by atoms with Crippen molar-refractivity contribution >= 4 is 6.09 Å². The second-order valence-corrected chi connectivity index (χ2v) is 7.89. The quantitative estimate of drug-likeness (QED) is 0.758. The van der Waals surface area contributed by atoms with Crippen LogP contribution in [0.4, 0.5) is 4.79 Å². The molecule has 1 aliphatic heterocycles. The molecule has 5 nitrogen and oxygen atoms in total. The molecule has 1 fully saturated rings. The lowest BCUT2D eigenvalue weighted by molar-refractivity contribution is -0.100. The van der Waals surface area contributed by atoms with E-state index in [-0.39, 0.29) is 17.6 Å². The van der Waals surface area contributed by atoms with E-state index in [2.05, 4.69) is 31.4 Å². The van der Waals surface area contributed by atoms with Crippen molar-refractivity contribution in [2.24, 2.45) is 11.3 Å². The Morgan fingerprint density at radius 1 is 1.33 bits per heavy atom. The summed E-state index contributed by atoms with van der Waals surface area (Å²) in [5.74, 6) is 0.577. The van der Waals surface area contributed by atoms with Crippen molar-refractivity contribution < 1.29 is 14.3 Å². The molecule has 1 amide bonds. The van der Waals surface area contributed by atoms with Gasteiger partial charge < -0.3 is 20.1 Å². The fourth-order valence-electron chi connectivity index (χ4n) is 2.27. The van der Waals surface area contributed by atoms with E-state index in [4.69, 9.17) is 9.47 Å². The zero-order chi connectivity index (χ0) is 16.1. The molecule has 0 spiro atoms. The zero-order valence-electron chi connectivity index (χ0n) is 14.4. The van der Waals surface area contributed by atoms with Crippen molar-refractivity contribution in [1.29, 1.82) is 0 Å². The van der Waals surface area contributed by atoms with Gasteiger partial charge in [0.05, 0.1) is 13.2 Å². The third-order valence-electron chi connectivity index (χ3n) is 3.37. The number of hydrogen-bond acceptors (Lipinski definition) is 4. The molecule has 1 saturated heterocycles. The van der Waals surface area contributed by atoms with Crippen LogP contribution in [0.5, 0.6) is 0 Å². The van der Waals surface area contributed by atoms with Gasteiger partial charge in [-0.2, -0.15) is 0 Å². The Balaban J connectivity index is 2.36. The van der Waals surface area contributed by atoms with Gasteiger partial charge in [-0.05, 0) is 33.1 Å². The van der Waals surface area contributed by atoms with Gasteiger partial charge in [0.25, 0.3) is 0 Å². The van der Waals surface area contributed by atoms with Crippen LogP contribution in [0, 0.1) is 11.3 Å². The Bertz CT molecular complexity index is 333. The molecule has 0 aromatic rings.